The molecule has 3 aromatic rings. The summed E-state index contributed by atoms with van der Waals surface area (Å²) in [5, 5.41) is 0.546. The number of fused-ring (bicyclic) bond motifs is 1. The maximum Gasteiger partial charge on any atom is 0.227 e. The fraction of sp³-hybridized carbons (Fsp3) is 0. The zero-order valence-electron chi connectivity index (χ0n) is 8.72. The Hall–Kier alpha value is -2.07. The molecule has 0 aliphatic heterocycles. The predicted molar refractivity (Wildman–Crippen MR) is 66.7 cm³/mol. The normalized spacial score (nSPS) is 10.9. The maximum absolute atomic E-state index is 5.91. The van der Waals surface area contributed by atoms with Gasteiger partial charge in [-0.1, -0.05) is 11.6 Å². The first kappa shape index (κ1) is 10.1. The number of benzene rings is 1. The van der Waals surface area contributed by atoms with Crippen LogP contribution in [0.5, 0.6) is 0 Å². The summed E-state index contributed by atoms with van der Waals surface area (Å²) in [5.41, 5.74) is 8.37. The topological polar surface area (TPSA) is 64.9 Å². The lowest BCUT2D eigenvalue weighted by Gasteiger charge is -1.94. The van der Waals surface area contributed by atoms with Crippen LogP contribution in [0.15, 0.2) is 41.1 Å². The molecular weight excluding hydrogens is 238 g/mol. The number of nitrogens with two attached hydrogens (primary N) is 1. The van der Waals surface area contributed by atoms with Crippen LogP contribution in [-0.4, -0.2) is 9.97 Å². The summed E-state index contributed by atoms with van der Waals surface area (Å²) in [6.45, 7) is 0. The average molecular weight is 246 g/mol. The summed E-state index contributed by atoms with van der Waals surface area (Å²) in [4.78, 5) is 8.29. The molecule has 1 aromatic carbocycles. The van der Waals surface area contributed by atoms with Crippen molar-refractivity contribution in [1.82, 2.24) is 9.97 Å². The number of rotatable bonds is 1. The van der Waals surface area contributed by atoms with Crippen LogP contribution >= 0.6 is 11.6 Å². The number of halogens is 1. The Morgan fingerprint density at radius 2 is 1.94 bits per heavy atom. The minimum atomic E-state index is 0.486. The zero-order chi connectivity index (χ0) is 11.8. The zero-order valence-corrected chi connectivity index (χ0v) is 9.48. The molecule has 0 spiro atoms. The van der Waals surface area contributed by atoms with Crippen LogP contribution in [0, 0.1) is 0 Å². The quantitative estimate of drug-likeness (QED) is 0.669. The molecule has 0 saturated carbocycles. The van der Waals surface area contributed by atoms with E-state index in [4.69, 9.17) is 21.8 Å². The number of hydrogen-bond acceptors (Lipinski definition) is 4. The van der Waals surface area contributed by atoms with Gasteiger partial charge in [0.05, 0.1) is 5.69 Å². The molecule has 0 saturated heterocycles. The molecule has 0 atom stereocenters. The van der Waals surface area contributed by atoms with Crippen molar-refractivity contribution in [3.05, 3.63) is 41.7 Å². The van der Waals surface area contributed by atoms with E-state index >= 15 is 0 Å². The fourth-order valence-corrected chi connectivity index (χ4v) is 1.86. The molecule has 0 radical (unpaired) electrons. The van der Waals surface area contributed by atoms with Crippen LogP contribution in [-0.2, 0) is 0 Å². The van der Waals surface area contributed by atoms with Gasteiger partial charge in [0.15, 0.2) is 5.58 Å². The van der Waals surface area contributed by atoms with Gasteiger partial charge >= 0.3 is 0 Å². The molecular formula is C12H8ClN3O. The van der Waals surface area contributed by atoms with E-state index in [1.807, 2.05) is 12.1 Å². The van der Waals surface area contributed by atoms with Gasteiger partial charge in [-0.25, -0.2) is 4.98 Å². The molecule has 5 heteroatoms. The van der Waals surface area contributed by atoms with Gasteiger partial charge in [0.2, 0.25) is 5.89 Å². The molecule has 2 heterocycles. The van der Waals surface area contributed by atoms with Crippen LogP contribution < -0.4 is 5.73 Å². The second-order valence-electron chi connectivity index (χ2n) is 3.60. The number of anilines is 1. The highest BCUT2D eigenvalue weighted by Gasteiger charge is 2.11. The van der Waals surface area contributed by atoms with Crippen molar-refractivity contribution < 1.29 is 4.42 Å². The summed E-state index contributed by atoms with van der Waals surface area (Å²) in [6.07, 6.45) is 3.36. The van der Waals surface area contributed by atoms with Crippen molar-refractivity contribution in [2.24, 2.45) is 0 Å². The predicted octanol–water partition coefficient (Wildman–Crippen LogP) is 3.13. The summed E-state index contributed by atoms with van der Waals surface area (Å²) in [7, 11) is 0. The third-order valence-electron chi connectivity index (χ3n) is 2.41. The molecule has 0 bridgehead atoms. The lowest BCUT2D eigenvalue weighted by Crippen LogP contribution is -1.84. The van der Waals surface area contributed by atoms with E-state index in [0.29, 0.717) is 27.7 Å². The van der Waals surface area contributed by atoms with E-state index in [9.17, 15) is 0 Å². The second-order valence-corrected chi connectivity index (χ2v) is 4.03. The largest absolute Gasteiger partial charge is 0.434 e. The van der Waals surface area contributed by atoms with Crippen molar-refractivity contribution in [1.29, 1.82) is 0 Å². The first-order chi connectivity index (χ1) is 8.24. The number of oxazole rings is 1. The van der Waals surface area contributed by atoms with Gasteiger partial charge in [-0.2, -0.15) is 0 Å². The monoisotopic (exact) mass is 245 g/mol. The van der Waals surface area contributed by atoms with Gasteiger partial charge in [-0.05, 0) is 24.3 Å². The number of aromatic nitrogens is 2. The Kier molecular flexibility index (Phi) is 2.23. The Morgan fingerprint density at radius 3 is 2.71 bits per heavy atom. The van der Waals surface area contributed by atoms with Crippen molar-refractivity contribution in [3.63, 3.8) is 0 Å². The summed E-state index contributed by atoms with van der Waals surface area (Å²) >= 11 is 5.91. The highest BCUT2D eigenvalue weighted by molar-refractivity contribution is 6.31. The van der Waals surface area contributed by atoms with Crippen molar-refractivity contribution in [2.45, 2.75) is 0 Å². The van der Waals surface area contributed by atoms with Gasteiger partial charge in [0.25, 0.3) is 0 Å². The molecule has 0 unspecified atom stereocenters. The Labute approximate surface area is 102 Å². The van der Waals surface area contributed by atoms with Gasteiger partial charge in [-0.3, -0.25) is 4.98 Å². The van der Waals surface area contributed by atoms with Gasteiger partial charge in [0.1, 0.15) is 5.52 Å². The fourth-order valence-electron chi connectivity index (χ4n) is 1.64. The number of nitrogens with zero attached hydrogens (tertiary/aromatic N) is 2. The molecule has 17 heavy (non-hydrogen) atoms. The number of pyridine rings is 1. The van der Waals surface area contributed by atoms with E-state index in [2.05, 4.69) is 9.97 Å². The third-order valence-corrected chi connectivity index (χ3v) is 2.63. The van der Waals surface area contributed by atoms with Crippen LogP contribution in [0.25, 0.3) is 22.6 Å². The smallest absolute Gasteiger partial charge is 0.227 e. The molecule has 0 aliphatic rings. The van der Waals surface area contributed by atoms with Crippen LogP contribution in [0.1, 0.15) is 0 Å². The van der Waals surface area contributed by atoms with Gasteiger partial charge < -0.3 is 10.2 Å². The minimum absolute atomic E-state index is 0.486. The molecule has 4 nitrogen and oxygen atoms in total. The molecule has 0 fully saturated rings. The van der Waals surface area contributed by atoms with Gasteiger partial charge in [-0.15, -0.1) is 0 Å². The maximum atomic E-state index is 5.91. The first-order valence-corrected chi connectivity index (χ1v) is 5.38. The van der Waals surface area contributed by atoms with E-state index in [1.165, 1.54) is 0 Å². The summed E-state index contributed by atoms with van der Waals surface area (Å²) < 4.78 is 5.62. The van der Waals surface area contributed by atoms with Crippen LogP contribution in [0.4, 0.5) is 5.69 Å². The lowest BCUT2D eigenvalue weighted by molar-refractivity contribution is 0.621. The second kappa shape index (κ2) is 3.75. The van der Waals surface area contributed by atoms with Crippen molar-refractivity contribution in [3.8, 4) is 11.5 Å². The average Bonchev–Trinajstić information content (AvgIpc) is 2.74. The standard InChI is InChI=1S/C12H8ClN3O/c13-8-5-9(14)11-10(6-8)16-12(17-11)7-1-3-15-4-2-7/h1-6H,14H2. The van der Waals surface area contributed by atoms with Crippen LogP contribution in [0.3, 0.4) is 0 Å². The SMILES string of the molecule is Nc1cc(Cl)cc2nc(-c3ccncc3)oc12. The van der Waals surface area contributed by atoms with Crippen molar-refractivity contribution >= 4 is 28.4 Å². The lowest BCUT2D eigenvalue weighted by atomic mass is 10.3. The molecule has 3 rings (SSSR count). The third kappa shape index (κ3) is 1.72. The molecule has 84 valence electrons. The Morgan fingerprint density at radius 1 is 1.18 bits per heavy atom. The Bertz CT molecular complexity index is 679. The van der Waals surface area contributed by atoms with Gasteiger partial charge in [0, 0.05) is 23.0 Å². The highest BCUT2D eigenvalue weighted by Crippen LogP contribution is 2.30. The summed E-state index contributed by atoms with van der Waals surface area (Å²) in [6, 6.07) is 7.01. The minimum Gasteiger partial charge on any atom is -0.434 e. The Balaban J connectivity index is 2.24. The molecule has 2 aromatic heterocycles. The molecule has 0 amide bonds. The first-order valence-electron chi connectivity index (χ1n) is 5.00. The van der Waals surface area contributed by atoms with E-state index in [1.54, 1.807) is 24.5 Å². The highest BCUT2D eigenvalue weighted by atomic mass is 35.5. The van der Waals surface area contributed by atoms with E-state index < -0.39 is 0 Å². The number of nitrogen functional groups attached to an aromatic ring is 1. The van der Waals surface area contributed by atoms with E-state index in [0.717, 1.165) is 5.56 Å². The van der Waals surface area contributed by atoms with Crippen molar-refractivity contribution in [2.75, 3.05) is 5.73 Å². The summed E-state index contributed by atoms with van der Waals surface area (Å²) in [5.74, 6) is 0.511. The molecule has 0 aliphatic carbocycles. The number of hydrogen-bond donors (Lipinski definition) is 1. The van der Waals surface area contributed by atoms with E-state index in [-0.39, 0.29) is 0 Å². The van der Waals surface area contributed by atoms with Crippen LogP contribution in [0.2, 0.25) is 5.02 Å². The molecule has 2 N–H and O–H groups in total.